The zero-order chi connectivity index (χ0) is 19.7. The highest BCUT2D eigenvalue weighted by molar-refractivity contribution is 6.31. The number of carbonyl (C=O) groups is 2. The Morgan fingerprint density at radius 1 is 1.38 bits per heavy atom. The van der Waals surface area contributed by atoms with E-state index >= 15 is 0 Å². The van der Waals surface area contributed by atoms with Crippen LogP contribution in [0.2, 0.25) is 5.02 Å². The summed E-state index contributed by atoms with van der Waals surface area (Å²) in [5.41, 5.74) is 11.0. The van der Waals surface area contributed by atoms with Gasteiger partial charge in [-0.05, 0) is 37.8 Å². The number of rotatable bonds is 8. The van der Waals surface area contributed by atoms with Crippen molar-refractivity contribution in [2.45, 2.75) is 38.6 Å². The van der Waals surface area contributed by atoms with Crippen molar-refractivity contribution in [2.24, 2.45) is 16.5 Å². The van der Waals surface area contributed by atoms with Gasteiger partial charge < -0.3 is 16.4 Å². The third-order valence-electron chi connectivity index (χ3n) is 4.01. The molecule has 0 aromatic heterocycles. The second-order valence-electron chi connectivity index (χ2n) is 5.97. The number of aryl methyl sites for hydroxylation is 1. The van der Waals surface area contributed by atoms with Crippen molar-refractivity contribution in [1.82, 2.24) is 10.2 Å². The van der Waals surface area contributed by atoms with Crippen molar-refractivity contribution in [1.29, 1.82) is 0 Å². The van der Waals surface area contributed by atoms with Gasteiger partial charge in [0.25, 0.3) is 0 Å². The number of hydrogen-bond donors (Lipinski definition) is 3. The van der Waals surface area contributed by atoms with Crippen LogP contribution in [0, 0.1) is 5.82 Å². The summed E-state index contributed by atoms with van der Waals surface area (Å²) in [6, 6.07) is 3.82. The highest BCUT2D eigenvalue weighted by Gasteiger charge is 2.16. The first-order valence-corrected chi connectivity index (χ1v) is 8.65. The van der Waals surface area contributed by atoms with Crippen LogP contribution in [0.3, 0.4) is 0 Å². The van der Waals surface area contributed by atoms with Crippen LogP contribution in [-0.4, -0.2) is 42.4 Å². The standard InChI is InChI=1S/C17H25ClFN5O2/c1-11(5-4-10-22-16(20)23-17(21)26)24(2)14(25)9-8-12-6-3-7-13(19)15(12)18/h3,6-7,11H,4-5,8-10H2,1-2H3,(H5,20,21,22,23,26)/t11-/m0/s1. The van der Waals surface area contributed by atoms with E-state index in [0.29, 0.717) is 24.9 Å². The van der Waals surface area contributed by atoms with Crippen LogP contribution in [0.5, 0.6) is 0 Å². The molecule has 0 saturated heterocycles. The summed E-state index contributed by atoms with van der Waals surface area (Å²) < 4.78 is 13.4. The van der Waals surface area contributed by atoms with Crippen LogP contribution in [0.25, 0.3) is 0 Å². The van der Waals surface area contributed by atoms with Gasteiger partial charge >= 0.3 is 6.03 Å². The number of nitrogens with zero attached hydrogens (tertiary/aromatic N) is 2. The van der Waals surface area contributed by atoms with Crippen LogP contribution in [0.1, 0.15) is 31.7 Å². The number of guanidine groups is 1. The number of hydrogen-bond acceptors (Lipinski definition) is 3. The van der Waals surface area contributed by atoms with Gasteiger partial charge in [0.2, 0.25) is 5.91 Å². The van der Waals surface area contributed by atoms with E-state index in [9.17, 15) is 14.0 Å². The van der Waals surface area contributed by atoms with E-state index in [1.165, 1.54) is 6.07 Å². The molecule has 0 aliphatic carbocycles. The van der Waals surface area contributed by atoms with Crippen molar-refractivity contribution in [3.63, 3.8) is 0 Å². The van der Waals surface area contributed by atoms with E-state index in [2.05, 4.69) is 10.3 Å². The van der Waals surface area contributed by atoms with Crippen LogP contribution in [-0.2, 0) is 11.2 Å². The van der Waals surface area contributed by atoms with Crippen molar-refractivity contribution < 1.29 is 14.0 Å². The lowest BCUT2D eigenvalue weighted by atomic mass is 10.1. The number of amides is 3. The molecule has 5 N–H and O–H groups in total. The van der Waals surface area contributed by atoms with E-state index < -0.39 is 11.8 Å². The molecule has 144 valence electrons. The molecule has 0 spiro atoms. The Bertz CT molecular complexity index is 669. The highest BCUT2D eigenvalue weighted by atomic mass is 35.5. The molecule has 0 saturated carbocycles. The summed E-state index contributed by atoms with van der Waals surface area (Å²) in [7, 11) is 1.73. The molecule has 0 fully saturated rings. The van der Waals surface area contributed by atoms with Crippen molar-refractivity contribution in [3.8, 4) is 0 Å². The zero-order valence-electron chi connectivity index (χ0n) is 15.0. The summed E-state index contributed by atoms with van der Waals surface area (Å²) in [5, 5.41) is 2.24. The first-order chi connectivity index (χ1) is 12.2. The monoisotopic (exact) mass is 385 g/mol. The smallest absolute Gasteiger partial charge is 0.318 e. The van der Waals surface area contributed by atoms with Crippen molar-refractivity contribution in [3.05, 3.63) is 34.6 Å². The maximum absolute atomic E-state index is 13.4. The number of urea groups is 1. The zero-order valence-corrected chi connectivity index (χ0v) is 15.7. The Morgan fingerprint density at radius 3 is 2.73 bits per heavy atom. The molecule has 0 aliphatic heterocycles. The maximum atomic E-state index is 13.4. The number of nitrogens with two attached hydrogens (primary N) is 2. The first-order valence-electron chi connectivity index (χ1n) is 8.27. The quantitative estimate of drug-likeness (QED) is 0.361. The van der Waals surface area contributed by atoms with Crippen molar-refractivity contribution >= 4 is 29.5 Å². The highest BCUT2D eigenvalue weighted by Crippen LogP contribution is 2.21. The van der Waals surface area contributed by atoms with Crippen LogP contribution < -0.4 is 16.8 Å². The summed E-state index contributed by atoms with van der Waals surface area (Å²) >= 11 is 5.90. The molecule has 0 radical (unpaired) electrons. The Kier molecular flexibility index (Phi) is 8.84. The molecule has 3 amide bonds. The molecule has 0 aliphatic rings. The average Bonchev–Trinajstić information content (AvgIpc) is 2.58. The van der Waals surface area contributed by atoms with Crippen LogP contribution in [0.4, 0.5) is 9.18 Å². The molecule has 1 rings (SSSR count). The minimum absolute atomic E-state index is 0.00556. The minimum Gasteiger partial charge on any atom is -0.370 e. The molecule has 1 aromatic carbocycles. The van der Waals surface area contributed by atoms with Gasteiger partial charge in [-0.1, -0.05) is 23.7 Å². The third kappa shape index (κ3) is 7.26. The lowest BCUT2D eigenvalue weighted by Gasteiger charge is -2.25. The van der Waals surface area contributed by atoms with Gasteiger partial charge in [-0.3, -0.25) is 15.1 Å². The van der Waals surface area contributed by atoms with Gasteiger partial charge in [0, 0.05) is 26.1 Å². The number of carbonyl (C=O) groups excluding carboxylic acids is 2. The predicted molar refractivity (Wildman–Crippen MR) is 100 cm³/mol. The second-order valence-corrected chi connectivity index (χ2v) is 6.34. The molecule has 0 unspecified atom stereocenters. The Morgan fingerprint density at radius 2 is 2.08 bits per heavy atom. The molecule has 0 heterocycles. The van der Waals surface area contributed by atoms with E-state index in [1.807, 2.05) is 6.92 Å². The Labute approximate surface area is 157 Å². The fourth-order valence-electron chi connectivity index (χ4n) is 2.35. The van der Waals surface area contributed by atoms with E-state index in [4.69, 9.17) is 23.1 Å². The van der Waals surface area contributed by atoms with E-state index in [-0.39, 0.29) is 29.4 Å². The number of halogens is 2. The van der Waals surface area contributed by atoms with Crippen LogP contribution >= 0.6 is 11.6 Å². The lowest BCUT2D eigenvalue weighted by molar-refractivity contribution is -0.131. The Hall–Kier alpha value is -2.35. The van der Waals surface area contributed by atoms with E-state index in [1.54, 1.807) is 24.1 Å². The SMILES string of the molecule is C[C@@H](CCCN=C(N)NC(N)=O)N(C)C(=O)CCc1cccc(F)c1Cl. The summed E-state index contributed by atoms with van der Waals surface area (Å²) in [6.45, 7) is 2.35. The number of primary amides is 1. The summed E-state index contributed by atoms with van der Waals surface area (Å²) in [4.78, 5) is 28.5. The predicted octanol–water partition coefficient (Wildman–Crippen LogP) is 2.02. The second kappa shape index (κ2) is 10.6. The van der Waals surface area contributed by atoms with Gasteiger partial charge in [0.15, 0.2) is 5.96 Å². The molecule has 1 aromatic rings. The molecular formula is C17H25ClFN5O2. The van der Waals surface area contributed by atoms with Gasteiger partial charge in [-0.25, -0.2) is 9.18 Å². The maximum Gasteiger partial charge on any atom is 0.318 e. The molecule has 26 heavy (non-hydrogen) atoms. The number of nitrogens with one attached hydrogen (secondary N) is 1. The minimum atomic E-state index is -0.761. The molecule has 9 heteroatoms. The number of aliphatic imine (C=N–C) groups is 1. The number of benzene rings is 1. The van der Waals surface area contributed by atoms with Gasteiger partial charge in [0.1, 0.15) is 5.82 Å². The first kappa shape index (κ1) is 21.7. The fraction of sp³-hybridized carbons (Fsp3) is 0.471. The fourth-order valence-corrected chi connectivity index (χ4v) is 2.57. The average molecular weight is 386 g/mol. The molecule has 1 atom stereocenters. The molecule has 7 nitrogen and oxygen atoms in total. The lowest BCUT2D eigenvalue weighted by Crippen LogP contribution is -2.40. The molecular weight excluding hydrogens is 361 g/mol. The molecule has 0 bridgehead atoms. The summed E-state index contributed by atoms with van der Waals surface area (Å²) in [6.07, 6.45) is 2.04. The van der Waals surface area contributed by atoms with Crippen molar-refractivity contribution in [2.75, 3.05) is 13.6 Å². The van der Waals surface area contributed by atoms with Gasteiger partial charge in [-0.2, -0.15) is 0 Å². The Balaban J connectivity index is 2.40. The summed E-state index contributed by atoms with van der Waals surface area (Å²) in [5.74, 6) is -0.554. The topological polar surface area (TPSA) is 114 Å². The van der Waals surface area contributed by atoms with Crippen LogP contribution in [0.15, 0.2) is 23.2 Å². The van der Waals surface area contributed by atoms with E-state index in [0.717, 1.165) is 6.42 Å². The normalized spacial score (nSPS) is 12.5. The largest absolute Gasteiger partial charge is 0.370 e. The van der Waals surface area contributed by atoms with Gasteiger partial charge in [-0.15, -0.1) is 0 Å². The van der Waals surface area contributed by atoms with Gasteiger partial charge in [0.05, 0.1) is 5.02 Å². The third-order valence-corrected chi connectivity index (χ3v) is 4.43.